The van der Waals surface area contributed by atoms with Gasteiger partial charge in [0.15, 0.2) is 0 Å². The van der Waals surface area contributed by atoms with Crippen molar-refractivity contribution in [3.63, 3.8) is 0 Å². The Morgan fingerprint density at radius 3 is 3.11 bits per heavy atom. The first-order valence-corrected chi connectivity index (χ1v) is 6.53. The van der Waals surface area contributed by atoms with E-state index in [4.69, 9.17) is 4.74 Å². The number of nitrogens with one attached hydrogen (secondary N) is 1. The molecule has 1 N–H and O–H groups in total. The molecule has 2 atom stereocenters. The molecule has 0 bridgehead atoms. The largest absolute Gasteiger partial charge is 0.493 e. The normalized spacial score (nSPS) is 18.9. The maximum atomic E-state index is 5.72. The van der Waals surface area contributed by atoms with E-state index in [1.54, 1.807) is 6.33 Å². The van der Waals surface area contributed by atoms with E-state index in [9.17, 15) is 0 Å². The highest BCUT2D eigenvalue weighted by Gasteiger charge is 2.28. The number of ether oxygens (including phenoxy) is 1. The Labute approximate surface area is 112 Å². The predicted molar refractivity (Wildman–Crippen MR) is 72.0 cm³/mol. The quantitative estimate of drug-likeness (QED) is 0.902. The highest BCUT2D eigenvalue weighted by atomic mass is 16.5. The smallest absolute Gasteiger partial charge is 0.146 e. The van der Waals surface area contributed by atoms with Crippen molar-refractivity contribution in [3.8, 4) is 5.75 Å². The van der Waals surface area contributed by atoms with Crippen LogP contribution in [0.15, 0.2) is 30.6 Å². The van der Waals surface area contributed by atoms with E-state index in [1.807, 2.05) is 23.7 Å². The Hall–Kier alpha value is -1.88. The molecule has 1 aromatic heterocycles. The van der Waals surface area contributed by atoms with Gasteiger partial charge in [0, 0.05) is 24.6 Å². The Bertz CT molecular complexity index is 566. The van der Waals surface area contributed by atoms with Crippen molar-refractivity contribution in [2.24, 2.45) is 7.05 Å². The fourth-order valence-electron chi connectivity index (χ4n) is 2.46. The van der Waals surface area contributed by atoms with Crippen molar-refractivity contribution in [1.29, 1.82) is 0 Å². The fourth-order valence-corrected chi connectivity index (χ4v) is 2.46. The van der Waals surface area contributed by atoms with Crippen molar-refractivity contribution in [2.45, 2.75) is 25.4 Å². The maximum Gasteiger partial charge on any atom is 0.146 e. The summed E-state index contributed by atoms with van der Waals surface area (Å²) in [4.78, 5) is 0. The topological polar surface area (TPSA) is 52.0 Å². The van der Waals surface area contributed by atoms with Gasteiger partial charge >= 0.3 is 0 Å². The summed E-state index contributed by atoms with van der Waals surface area (Å²) in [6.45, 7) is 3.65. The van der Waals surface area contributed by atoms with Crippen molar-refractivity contribution in [2.75, 3.05) is 6.61 Å². The van der Waals surface area contributed by atoms with Crippen LogP contribution in [0.4, 0.5) is 0 Å². The molecule has 0 amide bonds. The molecule has 5 nitrogen and oxygen atoms in total. The summed E-state index contributed by atoms with van der Waals surface area (Å²) in [6.07, 6.45) is 1.72. The zero-order chi connectivity index (χ0) is 13.2. The van der Waals surface area contributed by atoms with Crippen molar-refractivity contribution in [3.05, 3.63) is 42.0 Å². The van der Waals surface area contributed by atoms with Gasteiger partial charge < -0.3 is 14.6 Å². The number of benzene rings is 1. The highest BCUT2D eigenvalue weighted by molar-refractivity contribution is 5.40. The molecule has 1 aliphatic heterocycles. The standard InChI is InChI=1S/C14H18N4O/c1-10(15-7-14-17-16-9-18(14)2)12-8-19-13-6-4-3-5-11(12)13/h3-6,9-10,12,15H,7-8H2,1-2H3/t10-,12+/m1/s1. The molecule has 2 aromatic rings. The summed E-state index contributed by atoms with van der Waals surface area (Å²) >= 11 is 0. The summed E-state index contributed by atoms with van der Waals surface area (Å²) < 4.78 is 7.65. The van der Waals surface area contributed by atoms with Crippen molar-refractivity contribution in [1.82, 2.24) is 20.1 Å². The molecule has 0 aliphatic carbocycles. The first-order chi connectivity index (χ1) is 9.25. The SMILES string of the molecule is C[C@@H](NCc1nncn1C)[C@@H]1COc2ccccc21. The van der Waals surface area contributed by atoms with Gasteiger partial charge in [0.05, 0.1) is 13.2 Å². The molecule has 2 heterocycles. The molecule has 0 spiro atoms. The number of aromatic nitrogens is 3. The molecule has 0 saturated heterocycles. The van der Waals surface area contributed by atoms with Gasteiger partial charge in [-0.2, -0.15) is 0 Å². The Kier molecular flexibility index (Phi) is 3.21. The molecule has 0 unspecified atom stereocenters. The number of nitrogens with zero attached hydrogens (tertiary/aromatic N) is 3. The lowest BCUT2D eigenvalue weighted by Gasteiger charge is -2.19. The molecule has 3 rings (SSSR count). The molecule has 1 aliphatic rings. The molecule has 1 aromatic carbocycles. The van der Waals surface area contributed by atoms with E-state index in [0.29, 0.717) is 12.0 Å². The molecular formula is C14H18N4O. The number of fused-ring (bicyclic) bond motifs is 1. The summed E-state index contributed by atoms with van der Waals surface area (Å²) in [5.74, 6) is 2.35. The van der Waals surface area contributed by atoms with E-state index < -0.39 is 0 Å². The zero-order valence-electron chi connectivity index (χ0n) is 11.2. The Morgan fingerprint density at radius 2 is 2.32 bits per heavy atom. The van der Waals surface area contributed by atoms with Gasteiger partial charge in [-0.1, -0.05) is 18.2 Å². The van der Waals surface area contributed by atoms with Crippen LogP contribution in [0.1, 0.15) is 24.2 Å². The lowest BCUT2D eigenvalue weighted by Crippen LogP contribution is -2.33. The molecule has 5 heteroatoms. The van der Waals surface area contributed by atoms with E-state index >= 15 is 0 Å². The number of hydrogen-bond donors (Lipinski definition) is 1. The number of hydrogen-bond acceptors (Lipinski definition) is 4. The summed E-state index contributed by atoms with van der Waals surface area (Å²) in [6, 6.07) is 8.59. The van der Waals surface area contributed by atoms with Gasteiger partial charge in [-0.15, -0.1) is 10.2 Å². The van der Waals surface area contributed by atoms with Crippen LogP contribution in [-0.2, 0) is 13.6 Å². The molecule has 100 valence electrons. The molecule has 0 radical (unpaired) electrons. The van der Waals surface area contributed by atoms with Crippen molar-refractivity contribution < 1.29 is 4.74 Å². The maximum absolute atomic E-state index is 5.72. The average molecular weight is 258 g/mol. The van der Waals surface area contributed by atoms with Gasteiger partial charge in [-0.3, -0.25) is 0 Å². The van der Waals surface area contributed by atoms with Gasteiger partial charge in [0.2, 0.25) is 0 Å². The number of aryl methyl sites for hydroxylation is 1. The number of rotatable bonds is 4. The van der Waals surface area contributed by atoms with Gasteiger partial charge in [-0.25, -0.2) is 0 Å². The van der Waals surface area contributed by atoms with E-state index in [1.165, 1.54) is 5.56 Å². The summed E-state index contributed by atoms with van der Waals surface area (Å²) in [5.41, 5.74) is 1.29. The highest BCUT2D eigenvalue weighted by Crippen LogP contribution is 2.35. The minimum Gasteiger partial charge on any atom is -0.493 e. The minimum absolute atomic E-state index is 0.334. The number of para-hydroxylation sites is 1. The second kappa shape index (κ2) is 5.01. The minimum atomic E-state index is 0.334. The molecule has 0 saturated carbocycles. The molecule has 19 heavy (non-hydrogen) atoms. The lowest BCUT2D eigenvalue weighted by molar-refractivity contribution is 0.302. The van der Waals surface area contributed by atoms with Crippen LogP contribution in [0.25, 0.3) is 0 Å². The van der Waals surface area contributed by atoms with Crippen LogP contribution in [0.3, 0.4) is 0 Å². The van der Waals surface area contributed by atoms with E-state index in [-0.39, 0.29) is 0 Å². The van der Waals surface area contributed by atoms with Crippen LogP contribution in [-0.4, -0.2) is 27.4 Å². The third-order valence-corrected chi connectivity index (χ3v) is 3.73. The van der Waals surface area contributed by atoms with Crippen molar-refractivity contribution >= 4 is 0 Å². The second-order valence-electron chi connectivity index (χ2n) is 4.98. The Balaban J connectivity index is 1.66. The van der Waals surface area contributed by atoms with Gasteiger partial charge in [0.1, 0.15) is 17.9 Å². The average Bonchev–Trinajstić information content (AvgIpc) is 3.02. The van der Waals surface area contributed by atoms with Gasteiger partial charge in [0.25, 0.3) is 0 Å². The summed E-state index contributed by atoms with van der Waals surface area (Å²) in [7, 11) is 1.95. The van der Waals surface area contributed by atoms with E-state index in [0.717, 1.165) is 24.7 Å². The third-order valence-electron chi connectivity index (χ3n) is 3.73. The van der Waals surface area contributed by atoms with Crippen LogP contribution < -0.4 is 10.1 Å². The first kappa shape index (κ1) is 12.2. The summed E-state index contributed by atoms with van der Waals surface area (Å²) in [5, 5.41) is 11.5. The predicted octanol–water partition coefficient (Wildman–Crippen LogP) is 1.47. The van der Waals surface area contributed by atoms with Gasteiger partial charge in [-0.05, 0) is 13.0 Å². The second-order valence-corrected chi connectivity index (χ2v) is 4.98. The van der Waals surface area contributed by atoms with Crippen LogP contribution >= 0.6 is 0 Å². The fraction of sp³-hybridized carbons (Fsp3) is 0.429. The third kappa shape index (κ3) is 2.33. The molecular weight excluding hydrogens is 240 g/mol. The zero-order valence-corrected chi connectivity index (χ0v) is 11.2. The van der Waals surface area contributed by atoms with Crippen LogP contribution in [0.2, 0.25) is 0 Å². The van der Waals surface area contributed by atoms with Crippen LogP contribution in [0, 0.1) is 0 Å². The van der Waals surface area contributed by atoms with Crippen LogP contribution in [0.5, 0.6) is 5.75 Å². The Morgan fingerprint density at radius 1 is 1.47 bits per heavy atom. The van der Waals surface area contributed by atoms with E-state index in [2.05, 4.69) is 34.6 Å². The molecule has 0 fully saturated rings. The lowest BCUT2D eigenvalue weighted by atomic mass is 9.94. The monoisotopic (exact) mass is 258 g/mol. The first-order valence-electron chi connectivity index (χ1n) is 6.53.